The van der Waals surface area contributed by atoms with Gasteiger partial charge in [0.25, 0.3) is 0 Å². The molecule has 0 aliphatic carbocycles. The van der Waals surface area contributed by atoms with Gasteiger partial charge >= 0.3 is 0 Å². The van der Waals surface area contributed by atoms with E-state index in [1.807, 2.05) is 0 Å². The highest BCUT2D eigenvalue weighted by atomic mass is 19.1. The number of nitrogens with zero attached hydrogens (tertiary/aromatic N) is 2. The van der Waals surface area contributed by atoms with Crippen molar-refractivity contribution in [3.8, 4) is 0 Å². The molecule has 1 aromatic carbocycles. The molecule has 19 heavy (non-hydrogen) atoms. The molecule has 0 bridgehead atoms. The lowest BCUT2D eigenvalue weighted by atomic mass is 9.99. The van der Waals surface area contributed by atoms with E-state index in [1.54, 1.807) is 6.07 Å². The molecule has 1 aromatic heterocycles. The number of rotatable bonds is 5. The average Bonchev–Trinajstić information content (AvgIpc) is 2.75. The van der Waals surface area contributed by atoms with E-state index in [9.17, 15) is 4.39 Å². The van der Waals surface area contributed by atoms with E-state index in [0.29, 0.717) is 11.4 Å². The van der Waals surface area contributed by atoms with E-state index in [4.69, 9.17) is 5.73 Å². The Morgan fingerprint density at radius 2 is 2.11 bits per heavy atom. The lowest BCUT2D eigenvalue weighted by molar-refractivity contribution is 0.424. The Balaban J connectivity index is 2.55. The summed E-state index contributed by atoms with van der Waals surface area (Å²) in [6.07, 6.45) is 2.01. The topological polar surface area (TPSA) is 43.8 Å². The minimum absolute atomic E-state index is 0.105. The molecule has 0 saturated carbocycles. The van der Waals surface area contributed by atoms with Crippen molar-refractivity contribution >= 4 is 11.0 Å². The second kappa shape index (κ2) is 5.70. The minimum atomic E-state index is -0.252. The Bertz CT molecular complexity index is 562. The van der Waals surface area contributed by atoms with Crippen LogP contribution >= 0.6 is 0 Å². The fourth-order valence-electron chi connectivity index (χ4n) is 2.34. The van der Waals surface area contributed by atoms with Crippen LogP contribution in [0.2, 0.25) is 0 Å². The third-order valence-corrected chi connectivity index (χ3v) is 3.74. The van der Waals surface area contributed by atoms with Gasteiger partial charge in [0.15, 0.2) is 0 Å². The SMILES string of the molecule is CCCn1c(C(N)C(C)CC)nc2cc(F)ccc21. The van der Waals surface area contributed by atoms with Crippen LogP contribution in [0.15, 0.2) is 18.2 Å². The number of benzene rings is 1. The van der Waals surface area contributed by atoms with Gasteiger partial charge in [-0.25, -0.2) is 9.37 Å². The highest BCUT2D eigenvalue weighted by Gasteiger charge is 2.21. The molecule has 0 aliphatic heterocycles. The van der Waals surface area contributed by atoms with Gasteiger partial charge < -0.3 is 10.3 Å². The molecule has 0 spiro atoms. The number of imidazole rings is 1. The molecule has 2 N–H and O–H groups in total. The number of hydrogen-bond acceptors (Lipinski definition) is 2. The summed E-state index contributed by atoms with van der Waals surface area (Å²) in [6.45, 7) is 7.23. The van der Waals surface area contributed by atoms with Crippen LogP contribution in [-0.4, -0.2) is 9.55 Å². The summed E-state index contributed by atoms with van der Waals surface area (Å²) in [6, 6.07) is 4.65. The third-order valence-electron chi connectivity index (χ3n) is 3.74. The van der Waals surface area contributed by atoms with E-state index in [0.717, 1.165) is 30.7 Å². The Hall–Kier alpha value is -1.42. The summed E-state index contributed by atoms with van der Waals surface area (Å²) in [5.74, 6) is 0.978. The maximum atomic E-state index is 13.3. The van der Waals surface area contributed by atoms with Crippen molar-refractivity contribution in [2.75, 3.05) is 0 Å². The quantitative estimate of drug-likeness (QED) is 0.895. The van der Waals surface area contributed by atoms with Crippen molar-refractivity contribution < 1.29 is 4.39 Å². The third kappa shape index (κ3) is 2.63. The zero-order valence-corrected chi connectivity index (χ0v) is 11.9. The Morgan fingerprint density at radius 1 is 1.37 bits per heavy atom. The summed E-state index contributed by atoms with van der Waals surface area (Å²) >= 11 is 0. The Morgan fingerprint density at radius 3 is 2.74 bits per heavy atom. The van der Waals surface area contributed by atoms with Crippen LogP contribution < -0.4 is 5.73 Å². The van der Waals surface area contributed by atoms with Crippen molar-refractivity contribution in [1.29, 1.82) is 0 Å². The van der Waals surface area contributed by atoms with Crippen LogP contribution in [-0.2, 0) is 6.54 Å². The van der Waals surface area contributed by atoms with Crippen LogP contribution in [0.25, 0.3) is 11.0 Å². The van der Waals surface area contributed by atoms with Gasteiger partial charge in [-0.1, -0.05) is 27.2 Å². The molecular weight excluding hydrogens is 241 g/mol. The predicted molar refractivity (Wildman–Crippen MR) is 76.4 cm³/mol. The van der Waals surface area contributed by atoms with Gasteiger partial charge in [-0.2, -0.15) is 0 Å². The van der Waals surface area contributed by atoms with Crippen LogP contribution in [0.3, 0.4) is 0 Å². The van der Waals surface area contributed by atoms with Crippen molar-refractivity contribution in [3.05, 3.63) is 29.8 Å². The second-order valence-corrected chi connectivity index (χ2v) is 5.17. The maximum absolute atomic E-state index is 13.3. The number of aromatic nitrogens is 2. The van der Waals surface area contributed by atoms with E-state index in [2.05, 4.69) is 30.3 Å². The van der Waals surface area contributed by atoms with Crippen LogP contribution in [0.5, 0.6) is 0 Å². The number of nitrogens with two attached hydrogens (primary N) is 1. The normalized spacial score (nSPS) is 14.8. The van der Waals surface area contributed by atoms with Gasteiger partial charge in [-0.3, -0.25) is 0 Å². The van der Waals surface area contributed by atoms with E-state index in [1.165, 1.54) is 12.1 Å². The first kappa shape index (κ1) is 14.0. The Kier molecular flexibility index (Phi) is 4.20. The first-order valence-corrected chi connectivity index (χ1v) is 6.99. The smallest absolute Gasteiger partial charge is 0.127 e. The number of halogens is 1. The molecule has 0 amide bonds. The lowest BCUT2D eigenvalue weighted by Crippen LogP contribution is -2.23. The fourth-order valence-corrected chi connectivity index (χ4v) is 2.34. The monoisotopic (exact) mass is 263 g/mol. The molecule has 0 aliphatic rings. The molecular formula is C15H22FN3. The van der Waals surface area contributed by atoms with Crippen molar-refractivity contribution in [3.63, 3.8) is 0 Å². The van der Waals surface area contributed by atoms with Crippen LogP contribution in [0.4, 0.5) is 4.39 Å². The Labute approximate surface area is 113 Å². The lowest BCUT2D eigenvalue weighted by Gasteiger charge is -2.19. The van der Waals surface area contributed by atoms with Crippen molar-refractivity contribution in [1.82, 2.24) is 9.55 Å². The maximum Gasteiger partial charge on any atom is 0.127 e. The summed E-state index contributed by atoms with van der Waals surface area (Å²) in [7, 11) is 0. The fraction of sp³-hybridized carbons (Fsp3) is 0.533. The van der Waals surface area contributed by atoms with Gasteiger partial charge in [0.05, 0.1) is 17.1 Å². The molecule has 3 nitrogen and oxygen atoms in total. The summed E-state index contributed by atoms with van der Waals surface area (Å²) in [4.78, 5) is 4.56. The van der Waals surface area contributed by atoms with Gasteiger partial charge in [0.2, 0.25) is 0 Å². The molecule has 2 aromatic rings. The van der Waals surface area contributed by atoms with Crippen LogP contribution in [0.1, 0.15) is 45.5 Å². The highest BCUT2D eigenvalue weighted by Crippen LogP contribution is 2.26. The standard InChI is InChI=1S/C15H22FN3/c1-4-8-19-13-7-6-11(16)9-12(13)18-15(19)14(17)10(3)5-2/h6-7,9-10,14H,4-5,8,17H2,1-3H3. The largest absolute Gasteiger partial charge is 0.327 e. The zero-order chi connectivity index (χ0) is 14.0. The first-order chi connectivity index (χ1) is 9.08. The molecule has 0 fully saturated rings. The molecule has 2 unspecified atom stereocenters. The van der Waals surface area contributed by atoms with Crippen molar-refractivity contribution in [2.24, 2.45) is 11.7 Å². The predicted octanol–water partition coefficient (Wildman–Crippen LogP) is 3.63. The number of fused-ring (bicyclic) bond motifs is 1. The molecule has 2 rings (SSSR count). The van der Waals surface area contributed by atoms with Gasteiger partial charge in [0.1, 0.15) is 11.6 Å². The summed E-state index contributed by atoms with van der Waals surface area (Å²) in [5.41, 5.74) is 7.97. The molecule has 104 valence electrons. The summed E-state index contributed by atoms with van der Waals surface area (Å²) in [5, 5.41) is 0. The molecule has 0 saturated heterocycles. The molecule has 0 radical (unpaired) electrons. The minimum Gasteiger partial charge on any atom is -0.327 e. The van der Waals surface area contributed by atoms with Crippen molar-refractivity contribution in [2.45, 2.75) is 46.2 Å². The first-order valence-electron chi connectivity index (χ1n) is 6.99. The highest BCUT2D eigenvalue weighted by molar-refractivity contribution is 5.76. The second-order valence-electron chi connectivity index (χ2n) is 5.17. The van der Waals surface area contributed by atoms with E-state index >= 15 is 0 Å². The van der Waals surface area contributed by atoms with Crippen LogP contribution in [0, 0.1) is 11.7 Å². The number of hydrogen-bond donors (Lipinski definition) is 1. The zero-order valence-electron chi connectivity index (χ0n) is 11.9. The average molecular weight is 263 g/mol. The molecule has 2 atom stereocenters. The van der Waals surface area contributed by atoms with E-state index in [-0.39, 0.29) is 11.9 Å². The van der Waals surface area contributed by atoms with E-state index < -0.39 is 0 Å². The van der Waals surface area contributed by atoms with Gasteiger partial charge in [-0.05, 0) is 24.5 Å². The molecule has 1 heterocycles. The molecule has 4 heteroatoms. The summed E-state index contributed by atoms with van der Waals surface area (Å²) < 4.78 is 15.4. The van der Waals surface area contributed by atoms with Gasteiger partial charge in [-0.15, -0.1) is 0 Å². The number of aryl methyl sites for hydroxylation is 1. The van der Waals surface area contributed by atoms with Gasteiger partial charge in [0, 0.05) is 12.6 Å².